The quantitative estimate of drug-likeness (QED) is 0.317. The van der Waals surface area contributed by atoms with E-state index < -0.39 is 14.6 Å². The van der Waals surface area contributed by atoms with Gasteiger partial charge in [-0.2, -0.15) is 5.10 Å². The molecular weight excluding hydrogens is 528 g/mol. The van der Waals surface area contributed by atoms with Crippen molar-refractivity contribution in [3.8, 4) is 17.1 Å². The molecule has 4 rings (SSSR count). The Morgan fingerprint density at radius 2 is 1.97 bits per heavy atom. The van der Waals surface area contributed by atoms with E-state index in [0.29, 0.717) is 29.3 Å². The Hall–Kier alpha value is -3.29. The number of pyridine rings is 1. The molecule has 0 saturated carbocycles. The third-order valence-corrected chi connectivity index (χ3v) is 9.54. The van der Waals surface area contributed by atoms with E-state index in [-0.39, 0.29) is 35.8 Å². The summed E-state index contributed by atoms with van der Waals surface area (Å²) in [6.45, 7) is 10.7. The molecule has 0 saturated heterocycles. The molecule has 38 heavy (non-hydrogen) atoms. The number of hydrogen-bond acceptors (Lipinski definition) is 9. The number of hydrogen-bond donors (Lipinski definition) is 2. The third-order valence-electron chi connectivity index (χ3n) is 5.95. The molecule has 0 fully saturated rings. The zero-order valence-corrected chi connectivity index (χ0v) is 23.9. The number of amides is 1. The normalized spacial score (nSPS) is 13.1. The number of nitrogens with one attached hydrogen (secondary N) is 1. The van der Waals surface area contributed by atoms with Gasteiger partial charge in [0.2, 0.25) is 0 Å². The van der Waals surface area contributed by atoms with Crippen molar-refractivity contribution in [3.05, 3.63) is 46.3 Å². The van der Waals surface area contributed by atoms with Crippen LogP contribution in [0.2, 0.25) is 0 Å². The van der Waals surface area contributed by atoms with Gasteiger partial charge in [0.15, 0.2) is 9.84 Å². The number of thiazole rings is 1. The first-order chi connectivity index (χ1) is 17.9. The molecule has 0 bridgehead atoms. The number of aliphatic hydroxyl groups excluding tert-OH is 1. The molecule has 0 aliphatic carbocycles. The van der Waals surface area contributed by atoms with Gasteiger partial charge in [-0.1, -0.05) is 0 Å². The lowest BCUT2D eigenvalue weighted by Gasteiger charge is -2.21. The molecule has 0 aliphatic heterocycles. The van der Waals surface area contributed by atoms with E-state index in [4.69, 9.17) is 4.74 Å². The summed E-state index contributed by atoms with van der Waals surface area (Å²) in [6, 6.07) is 2.92. The molecular formula is C25H32N6O5S2. The summed E-state index contributed by atoms with van der Waals surface area (Å²) in [5.41, 5.74) is 1.78. The monoisotopic (exact) mass is 560 g/mol. The number of fused-ring (bicyclic) bond motifs is 1. The topological polar surface area (TPSA) is 141 Å². The third kappa shape index (κ3) is 5.18. The zero-order chi connectivity index (χ0) is 27.8. The summed E-state index contributed by atoms with van der Waals surface area (Å²) in [5.74, 6) is -0.181. The molecule has 0 radical (unpaired) electrons. The second kappa shape index (κ2) is 10.5. The van der Waals surface area contributed by atoms with Crippen molar-refractivity contribution in [2.24, 2.45) is 0 Å². The molecule has 0 aliphatic rings. The Morgan fingerprint density at radius 3 is 2.58 bits per heavy atom. The molecule has 4 aromatic rings. The van der Waals surface area contributed by atoms with Crippen LogP contribution < -0.4 is 10.1 Å². The van der Waals surface area contributed by atoms with E-state index in [0.717, 1.165) is 9.88 Å². The first kappa shape index (κ1) is 27.7. The lowest BCUT2D eigenvalue weighted by molar-refractivity contribution is 0.0929. The summed E-state index contributed by atoms with van der Waals surface area (Å²) >= 11 is 1.53. The summed E-state index contributed by atoms with van der Waals surface area (Å²) in [6.07, 6.45) is 4.81. The molecule has 2 N–H and O–H groups in total. The minimum atomic E-state index is -3.81. The number of carbonyl (C=O) groups is 1. The van der Waals surface area contributed by atoms with Gasteiger partial charge in [0.05, 0.1) is 29.3 Å². The average molecular weight is 561 g/mol. The SMILES string of the molecule is CCn1nc(-c2cnc3cc(OCCO)c(S(=O)(=O)C(C)(C)C)cn23)cc1C(=O)N[C@@H](C)c1ncc(C)s1. The minimum absolute atomic E-state index is 0.0225. The van der Waals surface area contributed by atoms with Crippen LogP contribution in [0.5, 0.6) is 5.75 Å². The molecule has 0 unspecified atom stereocenters. The Labute approximate surface area is 225 Å². The number of sulfone groups is 1. The van der Waals surface area contributed by atoms with Crippen LogP contribution in [0.1, 0.15) is 61.0 Å². The van der Waals surface area contributed by atoms with E-state index in [1.165, 1.54) is 23.6 Å². The smallest absolute Gasteiger partial charge is 0.270 e. The Balaban J connectivity index is 1.76. The van der Waals surface area contributed by atoms with Gasteiger partial charge in [-0.05, 0) is 47.6 Å². The molecule has 0 spiro atoms. The average Bonchev–Trinajstić information content (AvgIpc) is 3.58. The zero-order valence-electron chi connectivity index (χ0n) is 22.2. The molecule has 1 amide bonds. The van der Waals surface area contributed by atoms with Crippen LogP contribution in [0.3, 0.4) is 0 Å². The van der Waals surface area contributed by atoms with Crippen LogP contribution >= 0.6 is 11.3 Å². The highest BCUT2D eigenvalue weighted by Gasteiger charge is 2.34. The van der Waals surface area contributed by atoms with Gasteiger partial charge < -0.3 is 15.2 Å². The second-order valence-electron chi connectivity index (χ2n) is 9.80. The van der Waals surface area contributed by atoms with Crippen LogP contribution in [0.25, 0.3) is 17.0 Å². The molecule has 4 heterocycles. The summed E-state index contributed by atoms with van der Waals surface area (Å²) < 4.78 is 34.5. The van der Waals surface area contributed by atoms with E-state index >= 15 is 0 Å². The van der Waals surface area contributed by atoms with Crippen LogP contribution in [0.4, 0.5) is 0 Å². The van der Waals surface area contributed by atoms with Gasteiger partial charge in [-0.25, -0.2) is 18.4 Å². The lowest BCUT2D eigenvalue weighted by Crippen LogP contribution is -2.28. The minimum Gasteiger partial charge on any atom is -0.490 e. The highest BCUT2D eigenvalue weighted by molar-refractivity contribution is 7.92. The van der Waals surface area contributed by atoms with Crippen molar-refractivity contribution >= 4 is 32.7 Å². The van der Waals surface area contributed by atoms with Gasteiger partial charge >= 0.3 is 0 Å². The highest BCUT2D eigenvalue weighted by atomic mass is 32.2. The van der Waals surface area contributed by atoms with Crippen molar-refractivity contribution in [3.63, 3.8) is 0 Å². The van der Waals surface area contributed by atoms with Crippen molar-refractivity contribution in [1.29, 1.82) is 0 Å². The van der Waals surface area contributed by atoms with Gasteiger partial charge in [0, 0.05) is 29.9 Å². The van der Waals surface area contributed by atoms with Crippen molar-refractivity contribution in [2.45, 2.75) is 63.8 Å². The Morgan fingerprint density at radius 1 is 1.24 bits per heavy atom. The highest BCUT2D eigenvalue weighted by Crippen LogP contribution is 2.34. The molecule has 0 aromatic carbocycles. The van der Waals surface area contributed by atoms with E-state index in [2.05, 4.69) is 20.4 Å². The van der Waals surface area contributed by atoms with Crippen LogP contribution in [0, 0.1) is 6.92 Å². The van der Waals surface area contributed by atoms with E-state index in [9.17, 15) is 18.3 Å². The van der Waals surface area contributed by atoms with Gasteiger partial charge in [0.1, 0.15) is 39.3 Å². The predicted molar refractivity (Wildman–Crippen MR) is 144 cm³/mol. The number of aliphatic hydroxyl groups is 1. The second-order valence-corrected chi connectivity index (χ2v) is 13.7. The number of ether oxygens (including phenoxy) is 1. The van der Waals surface area contributed by atoms with Crippen molar-refractivity contribution in [1.82, 2.24) is 29.5 Å². The van der Waals surface area contributed by atoms with Crippen molar-refractivity contribution < 1.29 is 23.1 Å². The van der Waals surface area contributed by atoms with Crippen LogP contribution in [0.15, 0.2) is 35.6 Å². The van der Waals surface area contributed by atoms with Crippen molar-refractivity contribution in [2.75, 3.05) is 13.2 Å². The molecule has 13 heteroatoms. The summed E-state index contributed by atoms with van der Waals surface area (Å²) in [5, 5.41) is 17.6. The maximum absolute atomic E-state index is 13.4. The lowest BCUT2D eigenvalue weighted by atomic mass is 10.2. The first-order valence-electron chi connectivity index (χ1n) is 12.2. The number of rotatable bonds is 9. The molecule has 11 nitrogen and oxygen atoms in total. The fourth-order valence-corrected chi connectivity index (χ4v) is 5.91. The van der Waals surface area contributed by atoms with E-state index in [1.807, 2.05) is 20.8 Å². The summed E-state index contributed by atoms with van der Waals surface area (Å²) in [7, 11) is -3.81. The number of nitrogens with zero attached hydrogens (tertiary/aromatic N) is 5. The number of aromatic nitrogens is 5. The fraction of sp³-hybridized carbons (Fsp3) is 0.440. The first-order valence-corrected chi connectivity index (χ1v) is 14.5. The Bertz CT molecular complexity index is 1580. The standard InChI is InChI=1S/C25H32N6O5S2/c1-7-31-18(23(33)28-16(3)24-27-12-15(2)37-24)10-17(29-31)19-13-26-22-11-20(36-9-8-32)21(14-30(19)22)38(34,35)25(4,5)6/h10-14,16,32H,7-9H2,1-6H3,(H,28,33)/t16-/m0/s1. The van der Waals surface area contributed by atoms with Crippen LogP contribution in [-0.4, -0.2) is 61.5 Å². The summed E-state index contributed by atoms with van der Waals surface area (Å²) in [4.78, 5) is 23.0. The number of imidazole rings is 1. The fourth-order valence-electron chi connectivity index (χ4n) is 3.85. The largest absolute Gasteiger partial charge is 0.490 e. The Kier molecular flexibility index (Phi) is 7.64. The molecule has 204 valence electrons. The van der Waals surface area contributed by atoms with Gasteiger partial charge in [-0.15, -0.1) is 11.3 Å². The maximum Gasteiger partial charge on any atom is 0.270 e. The molecule has 1 atom stereocenters. The number of carbonyl (C=O) groups excluding carboxylic acids is 1. The van der Waals surface area contributed by atoms with Gasteiger partial charge in [-0.3, -0.25) is 13.9 Å². The van der Waals surface area contributed by atoms with Gasteiger partial charge in [0.25, 0.3) is 5.91 Å². The van der Waals surface area contributed by atoms with E-state index in [1.54, 1.807) is 48.3 Å². The maximum atomic E-state index is 13.4. The molecule has 4 aromatic heterocycles. The predicted octanol–water partition coefficient (Wildman–Crippen LogP) is 3.42. The number of aryl methyl sites for hydroxylation is 2. The van der Waals surface area contributed by atoms with Crippen LogP contribution in [-0.2, 0) is 16.4 Å².